The number of amides is 1. The van der Waals surface area contributed by atoms with Crippen LogP contribution in [0.5, 0.6) is 5.75 Å². The van der Waals surface area contributed by atoms with Gasteiger partial charge in [-0.05, 0) is 37.5 Å². The number of hydrogen-bond acceptors (Lipinski definition) is 4. The van der Waals surface area contributed by atoms with Crippen LogP contribution >= 0.6 is 0 Å². The summed E-state index contributed by atoms with van der Waals surface area (Å²) >= 11 is 0. The molecule has 1 rings (SSSR count). The Morgan fingerprint density at radius 3 is 2.65 bits per heavy atom. The number of nitrogens with two attached hydrogens (primary N) is 1. The Labute approximate surface area is 120 Å². The third-order valence-corrected chi connectivity index (χ3v) is 3.13. The van der Waals surface area contributed by atoms with Crippen molar-refractivity contribution < 1.29 is 14.6 Å². The molecule has 0 bridgehead atoms. The summed E-state index contributed by atoms with van der Waals surface area (Å²) in [5.41, 5.74) is 6.79. The number of carbonyl (C=O) groups excluding carboxylic acids is 1. The Balaban J connectivity index is 2.79. The lowest BCUT2D eigenvalue weighted by Crippen LogP contribution is -2.39. The highest BCUT2D eigenvalue weighted by molar-refractivity contribution is 5.95. The zero-order chi connectivity index (χ0) is 15.1. The summed E-state index contributed by atoms with van der Waals surface area (Å²) in [6.45, 7) is 6.47. The molecule has 5 heteroatoms. The first-order valence-electron chi connectivity index (χ1n) is 6.93. The zero-order valence-corrected chi connectivity index (χ0v) is 12.3. The Hall–Kier alpha value is -1.75. The molecule has 1 atom stereocenters. The molecule has 0 saturated heterocycles. The van der Waals surface area contributed by atoms with E-state index in [4.69, 9.17) is 15.6 Å². The highest BCUT2D eigenvalue weighted by Gasteiger charge is 2.17. The largest absolute Gasteiger partial charge is 0.492 e. The molecule has 1 aromatic rings. The van der Waals surface area contributed by atoms with Gasteiger partial charge in [-0.25, -0.2) is 0 Å². The minimum atomic E-state index is -0.188. The van der Waals surface area contributed by atoms with E-state index in [0.29, 0.717) is 30.0 Å². The Kier molecular flexibility index (Phi) is 6.31. The van der Waals surface area contributed by atoms with Gasteiger partial charge in [0.15, 0.2) is 0 Å². The predicted octanol–water partition coefficient (Wildman–Crippen LogP) is 1.80. The van der Waals surface area contributed by atoms with Crippen LogP contribution in [0.2, 0.25) is 0 Å². The lowest BCUT2D eigenvalue weighted by atomic mass is 10.0. The molecule has 5 nitrogen and oxygen atoms in total. The van der Waals surface area contributed by atoms with Gasteiger partial charge in [-0.15, -0.1) is 0 Å². The molecule has 0 aromatic heterocycles. The highest BCUT2D eigenvalue weighted by Crippen LogP contribution is 2.22. The minimum Gasteiger partial charge on any atom is -0.492 e. The first-order chi connectivity index (χ1) is 9.49. The van der Waals surface area contributed by atoms with E-state index >= 15 is 0 Å². The van der Waals surface area contributed by atoms with E-state index < -0.39 is 0 Å². The van der Waals surface area contributed by atoms with Gasteiger partial charge in [-0.1, -0.05) is 13.8 Å². The van der Waals surface area contributed by atoms with Gasteiger partial charge in [-0.3, -0.25) is 4.79 Å². The van der Waals surface area contributed by atoms with Gasteiger partial charge in [0, 0.05) is 18.2 Å². The number of nitrogen functional groups attached to an aromatic ring is 1. The highest BCUT2D eigenvalue weighted by atomic mass is 16.5. The van der Waals surface area contributed by atoms with E-state index in [1.165, 1.54) is 0 Å². The maximum atomic E-state index is 12.2. The number of hydrogen-bond donors (Lipinski definition) is 3. The lowest BCUT2D eigenvalue weighted by molar-refractivity contribution is 0.0916. The summed E-state index contributed by atoms with van der Waals surface area (Å²) in [6.07, 6.45) is 0.538. The van der Waals surface area contributed by atoms with Gasteiger partial charge in [0.2, 0.25) is 0 Å². The van der Waals surface area contributed by atoms with Crippen molar-refractivity contribution in [1.82, 2.24) is 5.32 Å². The van der Waals surface area contributed by atoms with E-state index in [-0.39, 0.29) is 24.5 Å². The van der Waals surface area contributed by atoms with Crippen LogP contribution in [0.4, 0.5) is 5.69 Å². The van der Waals surface area contributed by atoms with Gasteiger partial charge in [0.1, 0.15) is 5.75 Å². The second-order valence-electron chi connectivity index (χ2n) is 5.02. The molecule has 0 spiro atoms. The summed E-state index contributed by atoms with van der Waals surface area (Å²) in [5.74, 6) is 0.651. The molecule has 1 unspecified atom stereocenters. The second-order valence-corrected chi connectivity index (χ2v) is 5.02. The Bertz CT molecular complexity index is 447. The molecule has 20 heavy (non-hydrogen) atoms. The van der Waals surface area contributed by atoms with E-state index in [9.17, 15) is 4.79 Å². The quantitative estimate of drug-likeness (QED) is 0.665. The maximum absolute atomic E-state index is 12.2. The fraction of sp³-hybridized carbons (Fsp3) is 0.533. The van der Waals surface area contributed by atoms with Crippen LogP contribution in [-0.2, 0) is 0 Å². The summed E-state index contributed by atoms with van der Waals surface area (Å²) in [5, 5.41) is 11.9. The third-order valence-electron chi connectivity index (χ3n) is 3.13. The number of ether oxygens (including phenoxy) is 1. The lowest BCUT2D eigenvalue weighted by Gasteiger charge is -2.21. The van der Waals surface area contributed by atoms with Gasteiger partial charge < -0.3 is 20.9 Å². The monoisotopic (exact) mass is 280 g/mol. The molecule has 0 saturated carbocycles. The van der Waals surface area contributed by atoms with Crippen LogP contribution in [-0.4, -0.2) is 30.3 Å². The van der Waals surface area contributed by atoms with Crippen LogP contribution < -0.4 is 15.8 Å². The molecule has 4 N–H and O–H groups in total. The Morgan fingerprint density at radius 1 is 1.45 bits per heavy atom. The van der Waals surface area contributed by atoms with Crippen molar-refractivity contribution in [3.05, 3.63) is 23.8 Å². The second kappa shape index (κ2) is 7.75. The fourth-order valence-corrected chi connectivity index (χ4v) is 1.94. The first-order valence-corrected chi connectivity index (χ1v) is 6.93. The van der Waals surface area contributed by atoms with E-state index in [1.54, 1.807) is 18.2 Å². The van der Waals surface area contributed by atoms with Crippen molar-refractivity contribution in [1.29, 1.82) is 0 Å². The zero-order valence-electron chi connectivity index (χ0n) is 12.3. The van der Waals surface area contributed by atoms with Crippen LogP contribution in [0, 0.1) is 5.92 Å². The Morgan fingerprint density at radius 2 is 2.15 bits per heavy atom. The molecule has 0 aliphatic rings. The van der Waals surface area contributed by atoms with E-state index in [1.807, 2.05) is 20.8 Å². The molecule has 1 aromatic carbocycles. The molecule has 0 radical (unpaired) electrons. The van der Waals surface area contributed by atoms with Crippen LogP contribution in [0.15, 0.2) is 18.2 Å². The number of aliphatic hydroxyl groups is 1. The predicted molar refractivity (Wildman–Crippen MR) is 79.8 cm³/mol. The summed E-state index contributed by atoms with van der Waals surface area (Å²) in [4.78, 5) is 12.2. The molecular formula is C15H24N2O3. The fourth-order valence-electron chi connectivity index (χ4n) is 1.94. The number of aliphatic hydroxyl groups excluding tert-OH is 1. The van der Waals surface area contributed by atoms with E-state index in [2.05, 4.69) is 5.32 Å². The molecule has 1 amide bonds. The molecular weight excluding hydrogens is 256 g/mol. The molecule has 0 aliphatic carbocycles. The number of rotatable bonds is 7. The maximum Gasteiger partial charge on any atom is 0.251 e. The number of anilines is 1. The van der Waals surface area contributed by atoms with Gasteiger partial charge >= 0.3 is 0 Å². The first kappa shape index (κ1) is 16.3. The summed E-state index contributed by atoms with van der Waals surface area (Å²) < 4.78 is 5.34. The minimum absolute atomic E-state index is 0.0501. The number of benzene rings is 1. The van der Waals surface area contributed by atoms with Crippen molar-refractivity contribution in [3.63, 3.8) is 0 Å². The van der Waals surface area contributed by atoms with Crippen LogP contribution in [0.3, 0.4) is 0 Å². The average Bonchev–Trinajstić information content (AvgIpc) is 2.40. The third kappa shape index (κ3) is 4.42. The van der Waals surface area contributed by atoms with Crippen LogP contribution in [0.1, 0.15) is 37.6 Å². The van der Waals surface area contributed by atoms with Gasteiger partial charge in [0.05, 0.1) is 12.3 Å². The van der Waals surface area contributed by atoms with E-state index in [0.717, 1.165) is 0 Å². The SMILES string of the molecule is CCOc1ccc(C(=O)NC(CCO)C(C)C)cc1N. The average molecular weight is 280 g/mol. The normalized spacial score (nSPS) is 12.2. The van der Waals surface area contributed by atoms with Crippen molar-refractivity contribution in [2.24, 2.45) is 5.92 Å². The van der Waals surface area contributed by atoms with Crippen molar-refractivity contribution >= 4 is 11.6 Å². The molecule has 0 heterocycles. The van der Waals surface area contributed by atoms with Crippen molar-refractivity contribution in [2.75, 3.05) is 18.9 Å². The topological polar surface area (TPSA) is 84.6 Å². The smallest absolute Gasteiger partial charge is 0.251 e. The van der Waals surface area contributed by atoms with Crippen LogP contribution in [0.25, 0.3) is 0 Å². The number of carbonyl (C=O) groups is 1. The standard InChI is InChI=1S/C15H24N2O3/c1-4-20-14-6-5-11(9-12(14)16)15(19)17-13(7-8-18)10(2)3/h5-6,9-10,13,18H,4,7-8,16H2,1-3H3,(H,17,19). The summed E-state index contributed by atoms with van der Waals surface area (Å²) in [7, 11) is 0. The van der Waals surface area contributed by atoms with Gasteiger partial charge in [-0.2, -0.15) is 0 Å². The molecule has 0 aliphatic heterocycles. The van der Waals surface area contributed by atoms with Gasteiger partial charge in [0.25, 0.3) is 5.91 Å². The van der Waals surface area contributed by atoms with Crippen molar-refractivity contribution in [2.45, 2.75) is 33.2 Å². The van der Waals surface area contributed by atoms with Crippen molar-refractivity contribution in [3.8, 4) is 5.75 Å². The molecule has 112 valence electrons. The summed E-state index contributed by atoms with van der Waals surface area (Å²) in [6, 6.07) is 4.94. The molecule has 0 fully saturated rings. The number of nitrogens with one attached hydrogen (secondary N) is 1.